The number of allylic oxidation sites excluding steroid dienone is 1. The van der Waals surface area contributed by atoms with Crippen molar-refractivity contribution in [3.8, 4) is 0 Å². The second-order valence-electron chi connectivity index (χ2n) is 14.9. The number of aliphatic carboxylic acids is 2. The summed E-state index contributed by atoms with van der Waals surface area (Å²) in [5, 5.41) is 27.1. The number of thioether (sulfide) groups is 2. The molecule has 3 aromatic rings. The Kier molecular flexibility index (Phi) is 17.0. The summed E-state index contributed by atoms with van der Waals surface area (Å²) in [4.78, 5) is 69.0. The third-order valence-corrected chi connectivity index (χ3v) is 13.7. The summed E-state index contributed by atoms with van der Waals surface area (Å²) in [6.45, 7) is 12.1. The van der Waals surface area contributed by atoms with Crippen LogP contribution >= 0.6 is 23.5 Å². The van der Waals surface area contributed by atoms with Crippen molar-refractivity contribution in [2.45, 2.75) is 102 Å². The van der Waals surface area contributed by atoms with Crippen molar-refractivity contribution in [3.05, 3.63) is 77.3 Å². The van der Waals surface area contributed by atoms with E-state index in [1.807, 2.05) is 45.1 Å². The fourth-order valence-electron chi connectivity index (χ4n) is 7.74. The monoisotopic (exact) mass is 899 g/mol. The summed E-state index contributed by atoms with van der Waals surface area (Å²) >= 11 is 3.14. The first-order valence-corrected chi connectivity index (χ1v) is 21.9. The first-order chi connectivity index (χ1) is 28.0. The SMILES string of the molecule is CCC1=C(C(C)SCC(N)C(=O)NC)C2C=c3[n-]c(c(CCC(=O)O)c3C)=Cc3[n-]c(c(C)c3CCC(=O)O)C=c3[n-]c(c(C(C)SCC(N)C(=O)NC)c3C)=CC1=N2.[Fe+5]. The zero-order chi connectivity index (χ0) is 43.3. The molecule has 3 aromatic heterocycles. The molecule has 5 atom stereocenters. The molecular formula is C43H55FeN8O6S2+2. The van der Waals surface area contributed by atoms with E-state index in [9.17, 15) is 29.4 Å². The molecule has 2 aliphatic rings. The summed E-state index contributed by atoms with van der Waals surface area (Å²) < 4.78 is 0. The number of nitrogens with two attached hydrogens (primary N) is 2. The van der Waals surface area contributed by atoms with E-state index in [1.54, 1.807) is 37.6 Å². The number of nitrogens with one attached hydrogen (secondary N) is 2. The summed E-state index contributed by atoms with van der Waals surface area (Å²) in [7, 11) is 3.13. The van der Waals surface area contributed by atoms with Gasteiger partial charge in [-0.1, -0.05) is 59.0 Å². The number of rotatable bonds is 17. The van der Waals surface area contributed by atoms with Crippen molar-refractivity contribution in [1.82, 2.24) is 25.6 Å². The van der Waals surface area contributed by atoms with E-state index >= 15 is 0 Å². The van der Waals surface area contributed by atoms with Gasteiger partial charge in [-0.25, -0.2) is 0 Å². The number of nitrogens with zero attached hydrogens (tertiary/aromatic N) is 4. The first-order valence-electron chi connectivity index (χ1n) is 19.8. The van der Waals surface area contributed by atoms with Gasteiger partial charge in [-0.2, -0.15) is 23.5 Å². The molecule has 321 valence electrons. The van der Waals surface area contributed by atoms with Gasteiger partial charge in [0.1, 0.15) is 0 Å². The molecule has 0 aromatic carbocycles. The van der Waals surface area contributed by atoms with E-state index in [1.165, 1.54) is 0 Å². The molecule has 2 aliphatic heterocycles. The minimum absolute atomic E-state index is 0. The average molecular weight is 900 g/mol. The molecule has 0 aliphatic carbocycles. The number of aromatic nitrogens is 3. The van der Waals surface area contributed by atoms with Crippen LogP contribution in [0.15, 0.2) is 16.1 Å². The Labute approximate surface area is 369 Å². The molecule has 0 spiro atoms. The van der Waals surface area contributed by atoms with E-state index in [4.69, 9.17) is 31.4 Å². The summed E-state index contributed by atoms with van der Waals surface area (Å²) in [6, 6.07) is -1.84. The van der Waals surface area contributed by atoms with Gasteiger partial charge in [0.05, 0.1) is 23.8 Å². The van der Waals surface area contributed by atoms with Gasteiger partial charge in [-0.05, 0) is 70.6 Å². The molecule has 2 amide bonds. The largest absolute Gasteiger partial charge is 5.00 e. The molecule has 8 bridgehead atoms. The summed E-state index contributed by atoms with van der Waals surface area (Å²) in [6.07, 6.45) is 8.75. The number of carbonyl (C=O) groups excluding carboxylic acids is 2. The van der Waals surface area contributed by atoms with E-state index in [0.717, 1.165) is 55.6 Å². The van der Waals surface area contributed by atoms with Crippen LogP contribution in [0.3, 0.4) is 0 Å². The second-order valence-corrected chi connectivity index (χ2v) is 17.7. The Morgan fingerprint density at radius 1 is 0.750 bits per heavy atom. The Morgan fingerprint density at radius 3 is 1.87 bits per heavy atom. The molecule has 5 unspecified atom stereocenters. The van der Waals surface area contributed by atoms with Crippen LogP contribution in [0.4, 0.5) is 0 Å². The number of hydrogen-bond donors (Lipinski definition) is 6. The average Bonchev–Trinajstić information content (AvgIpc) is 3.89. The first kappa shape index (κ1) is 48.4. The van der Waals surface area contributed by atoms with Crippen LogP contribution in [0.25, 0.3) is 24.3 Å². The normalized spacial score (nSPS) is 16.5. The maximum Gasteiger partial charge on any atom is 5.00 e. The Bertz CT molecular complexity index is 2450. The fraction of sp³-hybridized carbons (Fsp3) is 0.465. The van der Waals surface area contributed by atoms with Crippen molar-refractivity contribution < 1.29 is 46.5 Å². The maximum absolute atomic E-state index is 12.4. The zero-order valence-electron chi connectivity index (χ0n) is 35.3. The maximum atomic E-state index is 12.4. The molecule has 5 rings (SSSR count). The van der Waals surface area contributed by atoms with Gasteiger partial charge >= 0.3 is 29.0 Å². The van der Waals surface area contributed by atoms with Gasteiger partial charge in [0, 0.05) is 48.9 Å². The zero-order valence-corrected chi connectivity index (χ0v) is 38.0. The molecular weight excluding hydrogens is 845 g/mol. The Balaban J connectivity index is 0.00000794. The van der Waals surface area contributed by atoms with Crippen molar-refractivity contribution in [2.24, 2.45) is 16.5 Å². The number of aliphatic imine (C=N–C) groups is 1. The minimum atomic E-state index is -0.933. The number of carboxylic acids is 2. The number of amides is 2. The van der Waals surface area contributed by atoms with Gasteiger partial charge in [0.2, 0.25) is 11.8 Å². The van der Waals surface area contributed by atoms with Crippen molar-refractivity contribution in [3.63, 3.8) is 0 Å². The number of carboxylic acid groups (broad SMARTS) is 2. The van der Waals surface area contributed by atoms with E-state index in [0.29, 0.717) is 45.4 Å². The predicted octanol–water partition coefficient (Wildman–Crippen LogP) is 0.340. The fourth-order valence-corrected chi connectivity index (χ4v) is 9.96. The van der Waals surface area contributed by atoms with Crippen molar-refractivity contribution in [2.75, 3.05) is 25.6 Å². The molecule has 0 fully saturated rings. The number of likely N-dealkylation sites (N-methyl/N-ethyl adjacent to an activating group) is 2. The summed E-state index contributed by atoms with van der Waals surface area (Å²) in [5.41, 5.74) is 21.6. The van der Waals surface area contributed by atoms with Crippen LogP contribution in [0.5, 0.6) is 0 Å². The molecule has 17 heteroatoms. The summed E-state index contributed by atoms with van der Waals surface area (Å²) in [5.74, 6) is -1.57. The number of carbonyl (C=O) groups is 4. The van der Waals surface area contributed by atoms with Gasteiger partial charge in [-0.3, -0.25) is 24.2 Å². The Hall–Kier alpha value is -4.25. The number of fused-ring (bicyclic) bond motifs is 7. The van der Waals surface area contributed by atoms with Crippen LogP contribution < -0.4 is 58.4 Å². The van der Waals surface area contributed by atoms with Gasteiger partial charge in [0.15, 0.2) is 0 Å². The van der Waals surface area contributed by atoms with Gasteiger partial charge in [-0.15, -0.1) is 32.8 Å². The van der Waals surface area contributed by atoms with Gasteiger partial charge in [0.25, 0.3) is 0 Å². The van der Waals surface area contributed by atoms with E-state index in [2.05, 4.69) is 31.4 Å². The molecule has 60 heavy (non-hydrogen) atoms. The third-order valence-electron chi connectivity index (χ3n) is 11.1. The molecule has 14 nitrogen and oxygen atoms in total. The standard InChI is InChI=1S/C43H58N8O6S2.Fe/c1-9-25-33-17-36-40(23(5)58-18-28(44)42(56)46-7)22(4)32(50-36)14-30-20(2)26(10-12-38(52)53)34(48-30)16-35-27(11-13-39(54)55)21(3)31(49-35)15-37(51-33)41(25)24(6)59-19-29(45)43(57)47-8;/h14-17,23-24,28-29,37H,9-13,18-19,44-45H2,1-8H3,(H7,46,47,48,49,50,51,52,53,54,55,56,57);/q;+5/p-3. The van der Waals surface area contributed by atoms with E-state index < -0.39 is 30.1 Å². The Morgan fingerprint density at radius 2 is 1.30 bits per heavy atom. The third kappa shape index (κ3) is 10.8. The molecule has 0 saturated carbocycles. The topological polar surface area (TPSA) is 240 Å². The second kappa shape index (κ2) is 21.0. The van der Waals surface area contributed by atoms with Crippen LogP contribution in [-0.4, -0.2) is 88.7 Å². The van der Waals surface area contributed by atoms with Crippen LogP contribution in [0.2, 0.25) is 0 Å². The quantitative estimate of drug-likeness (QED) is 0.100. The van der Waals surface area contributed by atoms with Crippen LogP contribution in [0.1, 0.15) is 90.1 Å². The predicted molar refractivity (Wildman–Crippen MR) is 235 cm³/mol. The molecule has 5 heterocycles. The van der Waals surface area contributed by atoms with Crippen molar-refractivity contribution >= 4 is 77.3 Å². The van der Waals surface area contributed by atoms with Crippen molar-refractivity contribution in [1.29, 1.82) is 0 Å². The molecule has 1 radical (unpaired) electrons. The minimum Gasteiger partial charge on any atom is -0.658 e. The smallest absolute Gasteiger partial charge is 0.658 e. The van der Waals surface area contributed by atoms with Crippen LogP contribution in [0, 0.1) is 20.8 Å². The molecule has 8 N–H and O–H groups in total. The van der Waals surface area contributed by atoms with Crippen LogP contribution in [-0.2, 0) is 49.1 Å². The van der Waals surface area contributed by atoms with Gasteiger partial charge < -0.3 is 47.3 Å². The molecule has 0 saturated heterocycles. The number of hydrogen-bond acceptors (Lipinski definition) is 9. The van der Waals surface area contributed by atoms with E-state index in [-0.39, 0.29) is 65.1 Å².